The Labute approximate surface area is 718 Å². The van der Waals surface area contributed by atoms with Crippen molar-refractivity contribution in [2.45, 2.75) is 0 Å². The molecule has 0 atom stereocenters. The summed E-state index contributed by atoms with van der Waals surface area (Å²) in [6.07, 6.45) is 0. The summed E-state index contributed by atoms with van der Waals surface area (Å²) in [5.41, 5.74) is 27.6. The maximum absolute atomic E-state index is 6.78. The van der Waals surface area contributed by atoms with Crippen molar-refractivity contribution in [1.82, 2.24) is 0 Å². The van der Waals surface area contributed by atoms with Crippen molar-refractivity contribution in [1.29, 1.82) is 0 Å². The molecule has 0 aliphatic carbocycles. The number of hydrogen-bond donors (Lipinski definition) is 0. The Morgan fingerprint density at radius 3 is 0.852 bits per heavy atom. The lowest BCUT2D eigenvalue weighted by Gasteiger charge is -2.26. The van der Waals surface area contributed by atoms with Crippen LogP contribution in [-0.4, -0.2) is 0 Å². The van der Waals surface area contributed by atoms with Crippen molar-refractivity contribution in [3.8, 4) is 89.0 Å². The summed E-state index contributed by atoms with van der Waals surface area (Å²) in [5.74, 6) is 0. The molecule has 0 radical (unpaired) electrons. The zero-order valence-corrected chi connectivity index (χ0v) is 68.7. The van der Waals surface area contributed by atoms with Gasteiger partial charge in [-0.1, -0.05) is 352 Å². The average Bonchev–Trinajstić information content (AvgIpc) is 1.61. The first-order valence-electron chi connectivity index (χ1n) is 41.5. The molecule has 122 heavy (non-hydrogen) atoms. The highest BCUT2D eigenvalue weighted by atomic mass is 32.1. The minimum absolute atomic E-state index is 0.908. The van der Waals surface area contributed by atoms with E-state index in [-0.39, 0.29) is 0 Å². The van der Waals surface area contributed by atoms with Crippen molar-refractivity contribution in [2.75, 3.05) is 9.80 Å². The fourth-order valence-electron chi connectivity index (χ4n) is 18.2. The monoisotopic (exact) mass is 1610 g/mol. The highest BCUT2D eigenvalue weighted by Gasteiger charge is 2.23. The summed E-state index contributed by atoms with van der Waals surface area (Å²) >= 11 is 5.65. The Kier molecular flexibility index (Phi) is 18.2. The Balaban J connectivity index is 0.000000142. The Morgan fingerprint density at radius 2 is 0.426 bits per heavy atom. The van der Waals surface area contributed by atoms with Crippen LogP contribution in [0.3, 0.4) is 0 Å². The van der Waals surface area contributed by atoms with E-state index in [1.165, 1.54) is 138 Å². The van der Waals surface area contributed by atoms with Crippen molar-refractivity contribution in [2.24, 2.45) is 0 Å². The topological polar surface area (TPSA) is 19.6 Å². The molecule has 24 aromatic rings. The van der Waals surface area contributed by atoms with Gasteiger partial charge in [-0.05, 0) is 196 Å². The smallest absolute Gasteiger partial charge is 0.143 e. The zero-order valence-electron chi connectivity index (χ0n) is 66.3. The molecule has 20 aromatic carbocycles. The number of furan rings is 1. The van der Waals surface area contributed by atoms with Gasteiger partial charge in [-0.15, -0.1) is 34.0 Å². The third-order valence-electron chi connectivity index (χ3n) is 24.1. The van der Waals surface area contributed by atoms with Gasteiger partial charge < -0.3 is 14.2 Å². The van der Waals surface area contributed by atoms with Crippen LogP contribution in [0.2, 0.25) is 0 Å². The van der Waals surface area contributed by atoms with E-state index in [1.807, 2.05) is 34.0 Å². The second kappa shape index (κ2) is 30.7. The van der Waals surface area contributed by atoms with Crippen molar-refractivity contribution in [3.05, 3.63) is 449 Å². The fourth-order valence-corrected chi connectivity index (χ4v) is 22.0. The van der Waals surface area contributed by atoms with E-state index in [4.69, 9.17) is 4.42 Å². The van der Waals surface area contributed by atoms with E-state index in [0.29, 0.717) is 0 Å². The van der Waals surface area contributed by atoms with Gasteiger partial charge in [0.25, 0.3) is 0 Å². The molecule has 3 nitrogen and oxygen atoms in total. The first-order valence-corrected chi connectivity index (χ1v) is 43.9. The van der Waals surface area contributed by atoms with Gasteiger partial charge in [0.05, 0.1) is 0 Å². The summed E-state index contributed by atoms with van der Waals surface area (Å²) in [7, 11) is 0. The predicted octanol–water partition coefficient (Wildman–Crippen LogP) is 35.0. The molecule has 0 saturated carbocycles. The van der Waals surface area contributed by atoms with Crippen LogP contribution < -0.4 is 9.80 Å². The summed E-state index contributed by atoms with van der Waals surface area (Å²) in [6.45, 7) is 0. The molecule has 0 fully saturated rings. The summed E-state index contributed by atoms with van der Waals surface area (Å²) < 4.78 is 14.7. The van der Waals surface area contributed by atoms with Gasteiger partial charge >= 0.3 is 0 Å². The van der Waals surface area contributed by atoms with Crippen molar-refractivity contribution < 1.29 is 4.42 Å². The Bertz CT molecular complexity index is 7640. The maximum atomic E-state index is 6.78. The van der Waals surface area contributed by atoms with Crippen LogP contribution in [0.4, 0.5) is 34.1 Å². The van der Waals surface area contributed by atoms with E-state index in [0.717, 1.165) is 89.4 Å². The molecule has 572 valence electrons. The lowest BCUT2D eigenvalue weighted by Crippen LogP contribution is -2.09. The third-order valence-corrected chi connectivity index (χ3v) is 27.9. The van der Waals surface area contributed by atoms with Gasteiger partial charge in [0.15, 0.2) is 0 Å². The van der Waals surface area contributed by atoms with E-state index < -0.39 is 0 Å². The summed E-state index contributed by atoms with van der Waals surface area (Å²) in [4.78, 5) is 4.74. The van der Waals surface area contributed by atoms with Crippen LogP contribution in [0.15, 0.2) is 453 Å². The predicted molar refractivity (Wildman–Crippen MR) is 527 cm³/mol. The number of rotatable bonds is 14. The number of nitrogens with zero attached hydrogens (tertiary/aromatic N) is 2. The molecule has 4 heterocycles. The van der Waals surface area contributed by atoms with E-state index in [1.54, 1.807) is 0 Å². The third kappa shape index (κ3) is 13.0. The van der Waals surface area contributed by atoms with Crippen LogP contribution in [0.1, 0.15) is 0 Å². The molecular formula is C116H74N2OS3. The number of para-hydroxylation sites is 2. The van der Waals surface area contributed by atoms with Crippen LogP contribution in [0.5, 0.6) is 0 Å². The minimum Gasteiger partial charge on any atom is -0.455 e. The van der Waals surface area contributed by atoms with E-state index >= 15 is 0 Å². The molecular weight excluding hydrogens is 1530 g/mol. The molecule has 0 spiro atoms. The number of fused-ring (bicyclic) bond motifs is 14. The van der Waals surface area contributed by atoms with Gasteiger partial charge in [-0.3, -0.25) is 0 Å². The largest absolute Gasteiger partial charge is 0.455 e. The van der Waals surface area contributed by atoms with Gasteiger partial charge in [0, 0.05) is 117 Å². The van der Waals surface area contributed by atoms with Crippen molar-refractivity contribution in [3.63, 3.8) is 0 Å². The van der Waals surface area contributed by atoms with E-state index in [9.17, 15) is 0 Å². The number of thiophene rings is 3. The molecule has 6 heteroatoms. The van der Waals surface area contributed by atoms with Gasteiger partial charge in [0.2, 0.25) is 0 Å². The number of hydrogen-bond acceptors (Lipinski definition) is 6. The molecule has 0 amide bonds. The van der Waals surface area contributed by atoms with Gasteiger partial charge in [0.1, 0.15) is 11.2 Å². The maximum Gasteiger partial charge on any atom is 0.143 e. The minimum atomic E-state index is 0.908. The standard InChI is InChI=1S/C58H37NOS.C58H37NS2/c1-2-13-40(14-3-1)48-19-9-22-52-53-23-10-20-49(57(53)60-56(48)52)44-17-8-16-42(36-44)39-26-31-45(32-27-39)59(47-35-28-38-12-4-5-15-43(38)37-47)46-33-29-41(30-34-46)50-21-11-24-54-51-18-6-7-25-55(51)61-58(50)54;1-2-13-40(14-3-1)48-19-10-23-53-54-24-11-21-50(58(54)61-57(48)53)44-17-8-16-42(36-44)39-26-31-45(32-27-39)59(47-35-28-38-12-4-5-15-43(38)37-47)46-33-29-41(30-34-46)49-20-9-22-52-51-18-6-7-25-55(51)60-56(49)52/h2*1-37H. The van der Waals surface area contributed by atoms with Crippen LogP contribution in [0.25, 0.3) is 193 Å². The molecule has 0 N–H and O–H groups in total. The highest BCUT2D eigenvalue weighted by Crippen LogP contribution is 2.49. The number of anilines is 6. The molecule has 0 aliphatic heterocycles. The lowest BCUT2D eigenvalue weighted by atomic mass is 9.97. The molecule has 4 aromatic heterocycles. The SMILES string of the molecule is c1ccc(-c2cccc3c2oc2c(-c4cccc(-c5ccc(N(c6ccc(-c7cccc8c7sc7ccccc78)cc6)c6ccc7ccccc7c6)cc5)c4)cccc23)cc1.c1ccc(-c2cccc3c2sc2c(-c4cccc(-c5ccc(N(c6ccc(-c7cccc8c7sc7ccccc78)cc6)c6ccc7ccccc7c6)cc5)c4)cccc23)cc1. The summed E-state index contributed by atoms with van der Waals surface area (Å²) in [5, 5.41) is 15.0. The first kappa shape index (κ1) is 72.2. The quantitative estimate of drug-likeness (QED) is 0.108. The molecule has 0 unspecified atom stereocenters. The van der Waals surface area contributed by atoms with E-state index in [2.05, 4.69) is 459 Å². The van der Waals surface area contributed by atoms with Crippen LogP contribution in [0, 0.1) is 0 Å². The van der Waals surface area contributed by atoms with Gasteiger partial charge in [-0.2, -0.15) is 0 Å². The fraction of sp³-hybridized carbons (Fsp3) is 0. The molecule has 0 saturated heterocycles. The Hall–Kier alpha value is -15.0. The average molecular weight is 1610 g/mol. The highest BCUT2D eigenvalue weighted by molar-refractivity contribution is 7.27. The second-order valence-corrected chi connectivity index (χ2v) is 34.4. The van der Waals surface area contributed by atoms with Crippen LogP contribution in [-0.2, 0) is 0 Å². The van der Waals surface area contributed by atoms with Crippen LogP contribution >= 0.6 is 34.0 Å². The van der Waals surface area contributed by atoms with Gasteiger partial charge in [-0.25, -0.2) is 0 Å². The lowest BCUT2D eigenvalue weighted by molar-refractivity contribution is 0.671. The Morgan fingerprint density at radius 1 is 0.156 bits per heavy atom. The normalized spacial score (nSPS) is 11.6. The van der Waals surface area contributed by atoms with Crippen molar-refractivity contribution >= 4 is 172 Å². The number of benzene rings is 20. The second-order valence-electron chi connectivity index (χ2n) is 31.3. The molecule has 0 bridgehead atoms. The first-order chi connectivity index (χ1) is 60.5. The molecule has 0 aliphatic rings. The molecule has 24 rings (SSSR count). The zero-order chi connectivity index (χ0) is 80.6. The summed E-state index contributed by atoms with van der Waals surface area (Å²) in [6, 6.07) is 163.